The van der Waals surface area contributed by atoms with Crippen LogP contribution in [0.25, 0.3) is 0 Å². The normalized spacial score (nSPS) is 24.9. The second kappa shape index (κ2) is 5.18. The average Bonchev–Trinajstić information content (AvgIpc) is 2.70. The van der Waals surface area contributed by atoms with Gasteiger partial charge in [-0.05, 0) is 50.9 Å². The molecule has 1 fully saturated rings. The third-order valence-electron chi connectivity index (χ3n) is 4.76. The molecule has 1 aliphatic carbocycles. The van der Waals surface area contributed by atoms with E-state index in [4.69, 9.17) is 5.73 Å². The van der Waals surface area contributed by atoms with Gasteiger partial charge < -0.3 is 10.3 Å². The van der Waals surface area contributed by atoms with Crippen LogP contribution in [0.4, 0.5) is 5.82 Å². The van der Waals surface area contributed by atoms with E-state index in [9.17, 15) is 0 Å². The Morgan fingerprint density at radius 2 is 1.79 bits per heavy atom. The maximum Gasteiger partial charge on any atom is 0.127 e. The highest BCUT2D eigenvalue weighted by atomic mass is 15.1. The molecule has 0 unspecified atom stereocenters. The number of hydrogen-bond acceptors (Lipinski definition) is 2. The van der Waals surface area contributed by atoms with Crippen LogP contribution in [0, 0.1) is 11.3 Å². The standard InChI is InChI=1S/C16H29N3/c1-11(2)19-10-18-14(15(19)17)12-6-8-13(9-7-12)16(3,4)5/h10-13H,6-9,17H2,1-5H3. The van der Waals surface area contributed by atoms with Crippen LogP contribution in [0.5, 0.6) is 0 Å². The first-order chi connectivity index (χ1) is 8.80. The lowest BCUT2D eigenvalue weighted by Gasteiger charge is -2.36. The number of imidazole rings is 1. The summed E-state index contributed by atoms with van der Waals surface area (Å²) in [6.07, 6.45) is 7.00. The Morgan fingerprint density at radius 1 is 1.21 bits per heavy atom. The fourth-order valence-electron chi connectivity index (χ4n) is 3.34. The zero-order chi connectivity index (χ0) is 14.2. The summed E-state index contributed by atoms with van der Waals surface area (Å²) in [6, 6.07) is 0.396. The van der Waals surface area contributed by atoms with Crippen molar-refractivity contribution in [1.29, 1.82) is 0 Å². The summed E-state index contributed by atoms with van der Waals surface area (Å²) in [5, 5.41) is 0. The Hall–Kier alpha value is -0.990. The number of hydrogen-bond donors (Lipinski definition) is 1. The minimum Gasteiger partial charge on any atom is -0.384 e. The van der Waals surface area contributed by atoms with E-state index in [1.807, 2.05) is 6.33 Å². The first kappa shape index (κ1) is 14.4. The van der Waals surface area contributed by atoms with Crippen LogP contribution < -0.4 is 5.73 Å². The molecule has 1 aromatic rings. The van der Waals surface area contributed by atoms with Gasteiger partial charge in [0, 0.05) is 12.0 Å². The Labute approximate surface area is 117 Å². The maximum absolute atomic E-state index is 6.26. The van der Waals surface area contributed by atoms with Crippen LogP contribution in [0.2, 0.25) is 0 Å². The number of nitrogens with zero attached hydrogens (tertiary/aromatic N) is 2. The minimum atomic E-state index is 0.396. The summed E-state index contributed by atoms with van der Waals surface area (Å²) in [7, 11) is 0. The Bertz CT molecular complexity index is 418. The first-order valence-electron chi connectivity index (χ1n) is 7.63. The highest BCUT2D eigenvalue weighted by Gasteiger charge is 2.32. The number of aromatic nitrogens is 2. The van der Waals surface area contributed by atoms with Gasteiger partial charge in [0.2, 0.25) is 0 Å². The van der Waals surface area contributed by atoms with Crippen molar-refractivity contribution >= 4 is 5.82 Å². The molecule has 0 aromatic carbocycles. The third kappa shape index (κ3) is 2.96. The van der Waals surface area contributed by atoms with E-state index in [1.165, 1.54) is 25.7 Å². The molecule has 0 saturated heterocycles. The van der Waals surface area contributed by atoms with Gasteiger partial charge in [-0.15, -0.1) is 0 Å². The first-order valence-corrected chi connectivity index (χ1v) is 7.63. The van der Waals surface area contributed by atoms with Gasteiger partial charge in [0.15, 0.2) is 0 Å². The van der Waals surface area contributed by atoms with E-state index in [0.29, 0.717) is 17.4 Å². The molecule has 3 heteroatoms. The lowest BCUT2D eigenvalue weighted by molar-refractivity contribution is 0.168. The monoisotopic (exact) mass is 263 g/mol. The molecule has 1 saturated carbocycles. The Morgan fingerprint density at radius 3 is 2.21 bits per heavy atom. The highest BCUT2D eigenvalue weighted by Crippen LogP contribution is 2.43. The molecule has 0 spiro atoms. The molecule has 3 nitrogen and oxygen atoms in total. The molecule has 0 amide bonds. The molecule has 2 N–H and O–H groups in total. The summed E-state index contributed by atoms with van der Waals surface area (Å²) in [5.41, 5.74) is 7.83. The van der Waals surface area contributed by atoms with Gasteiger partial charge >= 0.3 is 0 Å². The van der Waals surface area contributed by atoms with Gasteiger partial charge in [-0.3, -0.25) is 0 Å². The fraction of sp³-hybridized carbons (Fsp3) is 0.812. The minimum absolute atomic E-state index is 0.396. The number of nitrogen functional groups attached to an aromatic ring is 1. The van der Waals surface area contributed by atoms with E-state index in [0.717, 1.165) is 17.4 Å². The van der Waals surface area contributed by atoms with Crippen molar-refractivity contribution in [2.45, 2.75) is 72.3 Å². The van der Waals surface area contributed by atoms with Gasteiger partial charge in [-0.25, -0.2) is 4.98 Å². The molecule has 1 aliphatic rings. The van der Waals surface area contributed by atoms with Gasteiger partial charge in [0.1, 0.15) is 5.82 Å². The van der Waals surface area contributed by atoms with Crippen molar-refractivity contribution in [3.63, 3.8) is 0 Å². The Balaban J connectivity index is 2.06. The Kier molecular flexibility index (Phi) is 3.93. The van der Waals surface area contributed by atoms with E-state index in [1.54, 1.807) is 0 Å². The highest BCUT2D eigenvalue weighted by molar-refractivity contribution is 5.39. The molecule has 0 atom stereocenters. The molecule has 0 aliphatic heterocycles. The second-order valence-electron chi connectivity index (χ2n) is 7.43. The molecule has 1 heterocycles. The van der Waals surface area contributed by atoms with E-state index >= 15 is 0 Å². The van der Waals surface area contributed by atoms with Gasteiger partial charge in [0.05, 0.1) is 12.0 Å². The molecule has 0 bridgehead atoms. The third-order valence-corrected chi connectivity index (χ3v) is 4.76. The zero-order valence-electron chi connectivity index (χ0n) is 13.1. The van der Waals surface area contributed by atoms with Crippen LogP contribution in [0.15, 0.2) is 6.33 Å². The SMILES string of the molecule is CC(C)n1cnc(C2CCC(C(C)(C)C)CC2)c1N. The van der Waals surface area contributed by atoms with Crippen LogP contribution in [0.1, 0.15) is 78.0 Å². The molecule has 0 radical (unpaired) electrons. The predicted molar refractivity (Wildman–Crippen MR) is 81.2 cm³/mol. The molecule has 108 valence electrons. The number of rotatable bonds is 2. The summed E-state index contributed by atoms with van der Waals surface area (Å²) >= 11 is 0. The van der Waals surface area contributed by atoms with Gasteiger partial charge in [-0.2, -0.15) is 0 Å². The van der Waals surface area contributed by atoms with E-state index in [2.05, 4.69) is 44.2 Å². The quantitative estimate of drug-likeness (QED) is 0.861. The average molecular weight is 263 g/mol. The largest absolute Gasteiger partial charge is 0.384 e. The van der Waals surface area contributed by atoms with Crippen LogP contribution in [0.3, 0.4) is 0 Å². The number of anilines is 1. The van der Waals surface area contributed by atoms with Crippen molar-refractivity contribution < 1.29 is 0 Å². The van der Waals surface area contributed by atoms with Crippen LogP contribution in [-0.2, 0) is 0 Å². The van der Waals surface area contributed by atoms with Crippen LogP contribution in [-0.4, -0.2) is 9.55 Å². The molecule has 1 aromatic heterocycles. The van der Waals surface area contributed by atoms with E-state index in [-0.39, 0.29) is 0 Å². The summed E-state index contributed by atoms with van der Waals surface area (Å²) in [4.78, 5) is 4.59. The summed E-state index contributed by atoms with van der Waals surface area (Å²) in [5.74, 6) is 2.30. The maximum atomic E-state index is 6.26. The zero-order valence-corrected chi connectivity index (χ0v) is 13.1. The topological polar surface area (TPSA) is 43.8 Å². The summed E-state index contributed by atoms with van der Waals surface area (Å²) < 4.78 is 2.09. The van der Waals surface area contributed by atoms with Crippen molar-refractivity contribution in [3.8, 4) is 0 Å². The molecular formula is C16H29N3. The second-order valence-corrected chi connectivity index (χ2v) is 7.43. The van der Waals surface area contributed by atoms with Gasteiger partial charge in [0.25, 0.3) is 0 Å². The lowest BCUT2D eigenvalue weighted by Crippen LogP contribution is -2.25. The van der Waals surface area contributed by atoms with Gasteiger partial charge in [-0.1, -0.05) is 20.8 Å². The van der Waals surface area contributed by atoms with Crippen molar-refractivity contribution in [2.24, 2.45) is 11.3 Å². The summed E-state index contributed by atoms with van der Waals surface area (Å²) in [6.45, 7) is 11.4. The molecular weight excluding hydrogens is 234 g/mol. The predicted octanol–water partition coefficient (Wildman–Crippen LogP) is 4.37. The van der Waals surface area contributed by atoms with Crippen molar-refractivity contribution in [3.05, 3.63) is 12.0 Å². The van der Waals surface area contributed by atoms with Crippen LogP contribution >= 0.6 is 0 Å². The fourth-order valence-corrected chi connectivity index (χ4v) is 3.34. The number of nitrogens with two attached hydrogens (primary N) is 1. The molecule has 2 rings (SSSR count). The lowest BCUT2D eigenvalue weighted by atomic mass is 9.69. The van der Waals surface area contributed by atoms with E-state index < -0.39 is 0 Å². The van der Waals surface area contributed by atoms with Crippen molar-refractivity contribution in [2.75, 3.05) is 5.73 Å². The smallest absolute Gasteiger partial charge is 0.127 e. The molecule has 19 heavy (non-hydrogen) atoms. The van der Waals surface area contributed by atoms with Crippen molar-refractivity contribution in [1.82, 2.24) is 9.55 Å².